The normalized spacial score (nSPS) is 29.0. The second-order valence-corrected chi connectivity index (χ2v) is 6.11. The molecule has 0 bridgehead atoms. The maximum atomic E-state index is 11.8. The molecule has 96 valence electrons. The topological polar surface area (TPSA) is 38.8 Å². The van der Waals surface area contributed by atoms with Crippen LogP contribution in [0.25, 0.3) is 0 Å². The van der Waals surface area contributed by atoms with Crippen LogP contribution in [0.1, 0.15) is 17.5 Å². The Morgan fingerprint density at radius 1 is 1.50 bits per heavy atom. The van der Waals surface area contributed by atoms with Gasteiger partial charge in [-0.1, -0.05) is 40.2 Å². The van der Waals surface area contributed by atoms with Crippen molar-refractivity contribution in [1.82, 2.24) is 4.90 Å². The molecule has 5 heteroatoms. The quantitative estimate of drug-likeness (QED) is 0.454. The van der Waals surface area contributed by atoms with Crippen molar-refractivity contribution in [2.45, 2.75) is 23.2 Å². The number of rotatable bonds is 1. The minimum Gasteiger partial charge on any atom is -0.301 e. The van der Waals surface area contributed by atoms with E-state index in [1.54, 1.807) is 4.90 Å². The van der Waals surface area contributed by atoms with Crippen molar-refractivity contribution in [3.8, 4) is 0 Å². The largest absolute Gasteiger partial charge is 0.441 e. The van der Waals surface area contributed by atoms with Gasteiger partial charge in [-0.05, 0) is 24.0 Å². The summed E-state index contributed by atoms with van der Waals surface area (Å²) in [5.74, 6) is 0. The van der Waals surface area contributed by atoms with Crippen LogP contribution in [-0.2, 0) is 20.5 Å². The van der Waals surface area contributed by atoms with Crippen LogP contribution in [0.3, 0.4) is 0 Å². The summed E-state index contributed by atoms with van der Waals surface area (Å²) in [4.78, 5) is 22.7. The Balaban J connectivity index is 1.92. The third-order valence-corrected chi connectivity index (χ3v) is 5.24. The summed E-state index contributed by atoms with van der Waals surface area (Å²) in [6, 6.07) is 8.44. The molecule has 0 saturated carbocycles. The van der Waals surface area contributed by atoms with E-state index in [1.165, 1.54) is 18.2 Å². The molecular weight excluding hydrogens is 298 g/mol. The molecule has 0 aromatic heterocycles. The zero-order valence-electron chi connectivity index (χ0n) is 10.1. The summed E-state index contributed by atoms with van der Waals surface area (Å²) in [7, 11) is 1.35. The van der Waals surface area contributed by atoms with Gasteiger partial charge < -0.3 is 4.90 Å². The Bertz CT molecular complexity index is 493. The first-order valence-electron chi connectivity index (χ1n) is 5.95. The molecule has 1 aromatic rings. The number of carbonyl (C=O) groups is 1. The third-order valence-electron chi connectivity index (χ3n) is 3.89. The molecule has 0 unspecified atom stereocenters. The lowest BCUT2D eigenvalue weighted by atomic mass is 9.98. The van der Waals surface area contributed by atoms with Gasteiger partial charge in [-0.25, -0.2) is 4.79 Å². The fraction of sp³-hybridized carbons (Fsp3) is 0.462. The molecule has 0 N–H and O–H groups in total. The van der Waals surface area contributed by atoms with Gasteiger partial charge in [0.25, 0.3) is 0 Å². The molecule has 2 aliphatic rings. The van der Waals surface area contributed by atoms with Gasteiger partial charge in [0.05, 0.1) is 17.5 Å². The SMILES string of the molecule is COOC(=O)N1CC[C@@]2(Br)c3ccccc3C[C@@H]12. The molecule has 1 amide bonds. The average Bonchev–Trinajstić information content (AvgIpc) is 2.82. The van der Waals surface area contributed by atoms with Crippen LogP contribution in [0.15, 0.2) is 24.3 Å². The van der Waals surface area contributed by atoms with Crippen molar-refractivity contribution < 1.29 is 14.6 Å². The number of benzene rings is 1. The molecule has 1 aromatic carbocycles. The van der Waals surface area contributed by atoms with Crippen molar-refractivity contribution in [3.05, 3.63) is 35.4 Å². The van der Waals surface area contributed by atoms with Crippen LogP contribution in [-0.4, -0.2) is 30.7 Å². The number of hydrogen-bond acceptors (Lipinski definition) is 3. The minimum atomic E-state index is -0.406. The summed E-state index contributed by atoms with van der Waals surface area (Å²) >= 11 is 3.84. The Labute approximate surface area is 114 Å². The summed E-state index contributed by atoms with van der Waals surface area (Å²) in [5.41, 5.74) is 2.59. The van der Waals surface area contributed by atoms with E-state index in [4.69, 9.17) is 0 Å². The van der Waals surface area contributed by atoms with Gasteiger partial charge in [-0.15, -0.1) is 0 Å². The highest BCUT2D eigenvalue weighted by molar-refractivity contribution is 9.09. The predicted molar refractivity (Wildman–Crippen MR) is 69.4 cm³/mol. The van der Waals surface area contributed by atoms with Gasteiger partial charge in [0, 0.05) is 6.54 Å². The molecule has 0 spiro atoms. The first-order chi connectivity index (χ1) is 8.66. The second kappa shape index (κ2) is 4.24. The van der Waals surface area contributed by atoms with Crippen molar-refractivity contribution in [2.24, 2.45) is 0 Å². The number of nitrogens with zero attached hydrogens (tertiary/aromatic N) is 1. The summed E-state index contributed by atoms with van der Waals surface area (Å²) in [5, 5.41) is 0. The molecule has 4 nitrogen and oxygen atoms in total. The maximum absolute atomic E-state index is 11.8. The highest BCUT2D eigenvalue weighted by Crippen LogP contribution is 2.52. The number of halogens is 1. The maximum Gasteiger partial charge on any atom is 0.441 e. The lowest BCUT2D eigenvalue weighted by molar-refractivity contribution is -0.221. The van der Waals surface area contributed by atoms with Gasteiger partial charge in [-0.3, -0.25) is 4.89 Å². The Hall–Kier alpha value is -1.07. The first kappa shape index (κ1) is 12.0. The smallest absolute Gasteiger partial charge is 0.301 e. The molecule has 1 fully saturated rings. The van der Waals surface area contributed by atoms with E-state index in [1.807, 2.05) is 12.1 Å². The van der Waals surface area contributed by atoms with Gasteiger partial charge in [-0.2, -0.15) is 4.89 Å². The van der Waals surface area contributed by atoms with Gasteiger partial charge in [0.2, 0.25) is 0 Å². The van der Waals surface area contributed by atoms with Gasteiger partial charge in [0.1, 0.15) is 0 Å². The molecule has 1 aliphatic heterocycles. The average molecular weight is 312 g/mol. The first-order valence-corrected chi connectivity index (χ1v) is 6.74. The highest BCUT2D eigenvalue weighted by atomic mass is 79.9. The summed E-state index contributed by atoms with van der Waals surface area (Å²) < 4.78 is -0.129. The van der Waals surface area contributed by atoms with E-state index in [0.29, 0.717) is 6.54 Å². The monoisotopic (exact) mass is 311 g/mol. The number of carbonyl (C=O) groups excluding carboxylic acids is 1. The summed E-state index contributed by atoms with van der Waals surface area (Å²) in [6.07, 6.45) is 1.35. The lowest BCUT2D eigenvalue weighted by Gasteiger charge is -2.26. The lowest BCUT2D eigenvalue weighted by Crippen LogP contribution is -2.40. The van der Waals surface area contributed by atoms with Gasteiger partial charge in [0.15, 0.2) is 0 Å². The molecule has 1 saturated heterocycles. The zero-order chi connectivity index (χ0) is 12.8. The Morgan fingerprint density at radius 2 is 2.28 bits per heavy atom. The summed E-state index contributed by atoms with van der Waals surface area (Å²) in [6.45, 7) is 0.687. The van der Waals surface area contributed by atoms with E-state index >= 15 is 0 Å². The van der Waals surface area contributed by atoms with Crippen molar-refractivity contribution in [1.29, 1.82) is 0 Å². The number of fused-ring (bicyclic) bond motifs is 3. The van der Waals surface area contributed by atoms with Crippen LogP contribution in [0, 0.1) is 0 Å². The number of hydrogen-bond donors (Lipinski definition) is 0. The Morgan fingerprint density at radius 3 is 3.06 bits per heavy atom. The molecule has 2 atom stereocenters. The fourth-order valence-corrected chi connectivity index (χ4v) is 4.06. The number of amides is 1. The fourth-order valence-electron chi connectivity index (χ4n) is 3.09. The van der Waals surface area contributed by atoms with Crippen LogP contribution in [0.4, 0.5) is 4.79 Å². The van der Waals surface area contributed by atoms with E-state index in [9.17, 15) is 4.79 Å². The van der Waals surface area contributed by atoms with Crippen LogP contribution in [0.2, 0.25) is 0 Å². The van der Waals surface area contributed by atoms with Crippen LogP contribution < -0.4 is 0 Å². The van der Waals surface area contributed by atoms with Crippen molar-refractivity contribution in [3.63, 3.8) is 0 Å². The number of alkyl halides is 1. The molecular formula is C13H14BrNO3. The van der Waals surface area contributed by atoms with Crippen LogP contribution in [0.5, 0.6) is 0 Å². The second-order valence-electron chi connectivity index (χ2n) is 4.70. The van der Waals surface area contributed by atoms with E-state index < -0.39 is 6.09 Å². The standard InChI is InChI=1S/C13H14BrNO3/c1-17-18-12(16)15-7-6-13(14)10-5-3-2-4-9(10)8-11(13)15/h2-5,11H,6-8H2,1H3/t11-,13-/m1/s1. The minimum absolute atomic E-state index is 0.109. The molecule has 0 radical (unpaired) electrons. The van der Waals surface area contributed by atoms with E-state index in [0.717, 1.165) is 12.8 Å². The van der Waals surface area contributed by atoms with E-state index in [2.05, 4.69) is 37.8 Å². The van der Waals surface area contributed by atoms with Crippen LogP contribution >= 0.6 is 15.9 Å². The third kappa shape index (κ3) is 1.57. The van der Waals surface area contributed by atoms with E-state index in [-0.39, 0.29) is 10.4 Å². The molecule has 1 aliphatic carbocycles. The Kier molecular flexibility index (Phi) is 2.83. The molecule has 18 heavy (non-hydrogen) atoms. The highest BCUT2D eigenvalue weighted by Gasteiger charge is 2.53. The zero-order valence-corrected chi connectivity index (χ0v) is 11.6. The predicted octanol–water partition coefficient (Wildman–Crippen LogP) is 2.61. The van der Waals surface area contributed by atoms with Crippen molar-refractivity contribution in [2.75, 3.05) is 13.7 Å². The van der Waals surface area contributed by atoms with Crippen molar-refractivity contribution >= 4 is 22.0 Å². The number of likely N-dealkylation sites (tertiary alicyclic amines) is 1. The molecule has 1 heterocycles. The molecule has 3 rings (SSSR count). The van der Waals surface area contributed by atoms with Gasteiger partial charge >= 0.3 is 6.09 Å².